The van der Waals surface area contributed by atoms with Gasteiger partial charge in [-0.2, -0.15) is 4.31 Å². The summed E-state index contributed by atoms with van der Waals surface area (Å²) in [7, 11) is -3.86. The van der Waals surface area contributed by atoms with Gasteiger partial charge in [0, 0.05) is 23.4 Å². The number of sulfonamides is 1. The van der Waals surface area contributed by atoms with E-state index >= 15 is 0 Å². The Hall–Kier alpha value is -3.07. The first-order valence-electron chi connectivity index (χ1n) is 10.3. The summed E-state index contributed by atoms with van der Waals surface area (Å²) in [5.74, 6) is -0.713. The van der Waals surface area contributed by atoms with Crippen LogP contribution in [0, 0.1) is 5.82 Å². The molecule has 0 fully saturated rings. The van der Waals surface area contributed by atoms with Gasteiger partial charge < -0.3 is 4.90 Å². The number of rotatable bonds is 11. The Morgan fingerprint density at radius 3 is 2.36 bits per heavy atom. The maximum absolute atomic E-state index is 13.3. The van der Waals surface area contributed by atoms with Crippen molar-refractivity contribution in [3.05, 3.63) is 112 Å². The number of hydrogen-bond acceptors (Lipinski definition) is 4. The Morgan fingerprint density at radius 2 is 1.73 bits per heavy atom. The van der Waals surface area contributed by atoms with Gasteiger partial charge in [0.25, 0.3) is 0 Å². The summed E-state index contributed by atoms with van der Waals surface area (Å²) in [6.07, 6.45) is 2.95. The van der Waals surface area contributed by atoms with Crippen molar-refractivity contribution in [2.45, 2.75) is 13.1 Å². The molecule has 1 amide bonds. The molecule has 3 rings (SSSR count). The molecule has 0 radical (unpaired) electrons. The van der Waals surface area contributed by atoms with Crippen molar-refractivity contribution in [3.8, 4) is 0 Å². The maximum atomic E-state index is 13.3. The molecule has 172 valence electrons. The van der Waals surface area contributed by atoms with E-state index in [1.54, 1.807) is 29.2 Å². The topological polar surface area (TPSA) is 57.7 Å². The fraction of sp³-hybridized carbons (Fsp3) is 0.160. The third-order valence-corrected chi connectivity index (χ3v) is 7.14. The molecule has 0 aliphatic rings. The summed E-state index contributed by atoms with van der Waals surface area (Å²) in [5.41, 5.74) is 1.49. The Kier molecular flexibility index (Phi) is 8.71. The van der Waals surface area contributed by atoms with Gasteiger partial charge in [-0.15, -0.1) is 17.9 Å². The van der Waals surface area contributed by atoms with Gasteiger partial charge >= 0.3 is 0 Å². The Balaban J connectivity index is 1.79. The van der Waals surface area contributed by atoms with E-state index in [1.165, 1.54) is 35.6 Å². The molecule has 0 N–H and O–H groups in total. The van der Waals surface area contributed by atoms with E-state index in [0.29, 0.717) is 6.54 Å². The van der Waals surface area contributed by atoms with Crippen LogP contribution in [0.1, 0.15) is 16.0 Å². The van der Waals surface area contributed by atoms with Crippen LogP contribution in [-0.4, -0.2) is 36.6 Å². The molecule has 0 spiro atoms. The van der Waals surface area contributed by atoms with Crippen LogP contribution in [-0.2, 0) is 27.9 Å². The predicted molar refractivity (Wildman–Crippen MR) is 131 cm³/mol. The van der Waals surface area contributed by atoms with Crippen molar-refractivity contribution < 1.29 is 17.6 Å². The number of carbonyl (C=O) groups is 1. The van der Waals surface area contributed by atoms with Gasteiger partial charge in [0.2, 0.25) is 15.9 Å². The highest BCUT2D eigenvalue weighted by molar-refractivity contribution is 7.92. The summed E-state index contributed by atoms with van der Waals surface area (Å²) in [6, 6.07) is 18.8. The number of nitrogens with zero attached hydrogens (tertiary/aromatic N) is 2. The first-order valence-corrected chi connectivity index (χ1v) is 12.6. The highest BCUT2D eigenvalue weighted by atomic mass is 32.2. The molecule has 0 saturated heterocycles. The van der Waals surface area contributed by atoms with Crippen LogP contribution in [0.2, 0.25) is 0 Å². The zero-order chi connectivity index (χ0) is 23.7. The Bertz CT molecular complexity index is 1180. The van der Waals surface area contributed by atoms with E-state index < -0.39 is 10.0 Å². The lowest BCUT2D eigenvalue weighted by molar-refractivity contribution is -0.132. The zero-order valence-corrected chi connectivity index (χ0v) is 19.6. The number of amides is 1. The largest absolute Gasteiger partial charge is 0.332 e. The monoisotopic (exact) mass is 484 g/mol. The average molecular weight is 485 g/mol. The molecule has 0 aliphatic heterocycles. The van der Waals surface area contributed by atoms with Crippen molar-refractivity contribution in [2.24, 2.45) is 0 Å². The fourth-order valence-corrected chi connectivity index (χ4v) is 4.93. The molecule has 5 nitrogen and oxygen atoms in total. The standard InChI is InChI=1S/C25H25FN2O3S2/c1-2-15-28(33(30,31)17-14-21-7-4-3-5-8-21)20-25(29)27(19-24-9-6-16-32-24)18-22-10-12-23(26)13-11-22/h2-14,16-17H,1,15,18-20H2. The van der Waals surface area contributed by atoms with Gasteiger partial charge in [-0.1, -0.05) is 54.6 Å². The smallest absolute Gasteiger partial charge is 0.238 e. The lowest BCUT2D eigenvalue weighted by Gasteiger charge is -2.26. The molecule has 0 saturated carbocycles. The summed E-state index contributed by atoms with van der Waals surface area (Å²) in [5, 5.41) is 3.02. The predicted octanol–water partition coefficient (Wildman–Crippen LogP) is 4.90. The molecule has 0 unspecified atom stereocenters. The second-order valence-electron chi connectivity index (χ2n) is 7.30. The Morgan fingerprint density at radius 1 is 1.00 bits per heavy atom. The minimum absolute atomic E-state index is 0.00338. The van der Waals surface area contributed by atoms with E-state index in [0.717, 1.165) is 25.7 Å². The van der Waals surface area contributed by atoms with E-state index in [1.807, 2.05) is 35.7 Å². The fourth-order valence-electron chi connectivity index (χ4n) is 3.10. The van der Waals surface area contributed by atoms with Crippen LogP contribution in [0.3, 0.4) is 0 Å². The third kappa shape index (κ3) is 7.49. The minimum atomic E-state index is -3.86. The summed E-state index contributed by atoms with van der Waals surface area (Å²) in [4.78, 5) is 15.8. The second kappa shape index (κ2) is 11.7. The maximum Gasteiger partial charge on any atom is 0.238 e. The summed E-state index contributed by atoms with van der Waals surface area (Å²) in [6.45, 7) is 3.86. The molecule has 8 heteroatoms. The van der Waals surface area contributed by atoms with Crippen molar-refractivity contribution >= 4 is 33.3 Å². The molecule has 0 aliphatic carbocycles. The minimum Gasteiger partial charge on any atom is -0.332 e. The molecule has 3 aromatic rings. The van der Waals surface area contributed by atoms with Crippen molar-refractivity contribution in [1.29, 1.82) is 0 Å². The molecule has 33 heavy (non-hydrogen) atoms. The summed E-state index contributed by atoms with van der Waals surface area (Å²) >= 11 is 1.51. The van der Waals surface area contributed by atoms with E-state index in [4.69, 9.17) is 0 Å². The van der Waals surface area contributed by atoms with Crippen LogP contribution in [0.5, 0.6) is 0 Å². The lowest BCUT2D eigenvalue weighted by atomic mass is 10.2. The van der Waals surface area contributed by atoms with Crippen LogP contribution >= 0.6 is 11.3 Å². The molecule has 1 heterocycles. The van der Waals surface area contributed by atoms with Gasteiger partial charge in [0.1, 0.15) is 5.82 Å². The molecule has 2 aromatic carbocycles. The van der Waals surface area contributed by atoms with Gasteiger partial charge in [0.05, 0.1) is 13.1 Å². The number of halogens is 1. The highest BCUT2D eigenvalue weighted by Gasteiger charge is 2.25. The lowest BCUT2D eigenvalue weighted by Crippen LogP contribution is -2.41. The first-order chi connectivity index (χ1) is 15.9. The number of benzene rings is 2. The SMILES string of the molecule is C=CCN(CC(=O)N(Cc1ccc(F)cc1)Cc1cccs1)S(=O)(=O)C=Cc1ccccc1. The van der Waals surface area contributed by atoms with Crippen LogP contribution in [0.4, 0.5) is 4.39 Å². The molecule has 1 aromatic heterocycles. The third-order valence-electron chi connectivity index (χ3n) is 4.80. The van der Waals surface area contributed by atoms with Crippen molar-refractivity contribution in [2.75, 3.05) is 13.1 Å². The Labute approximate surface area is 198 Å². The number of carbonyl (C=O) groups excluding carboxylic acids is 1. The number of thiophene rings is 1. The summed E-state index contributed by atoms with van der Waals surface area (Å²) < 4.78 is 40.3. The van der Waals surface area contributed by atoms with Gasteiger partial charge in [-0.05, 0) is 40.8 Å². The van der Waals surface area contributed by atoms with E-state index in [9.17, 15) is 17.6 Å². The average Bonchev–Trinajstić information content (AvgIpc) is 3.32. The van der Waals surface area contributed by atoms with Crippen molar-refractivity contribution in [3.63, 3.8) is 0 Å². The van der Waals surface area contributed by atoms with Crippen LogP contribution in [0.25, 0.3) is 6.08 Å². The van der Waals surface area contributed by atoms with E-state index in [-0.39, 0.29) is 31.4 Å². The second-order valence-corrected chi connectivity index (χ2v) is 10.1. The van der Waals surface area contributed by atoms with Gasteiger partial charge in [-0.3, -0.25) is 4.79 Å². The molecular weight excluding hydrogens is 459 g/mol. The van der Waals surface area contributed by atoms with Crippen molar-refractivity contribution in [1.82, 2.24) is 9.21 Å². The first kappa shape index (κ1) is 24.6. The van der Waals surface area contributed by atoms with Gasteiger partial charge in [0.15, 0.2) is 0 Å². The highest BCUT2D eigenvalue weighted by Crippen LogP contribution is 2.17. The van der Waals surface area contributed by atoms with E-state index in [2.05, 4.69) is 6.58 Å². The van der Waals surface area contributed by atoms with Crippen LogP contribution in [0.15, 0.2) is 90.2 Å². The normalized spacial score (nSPS) is 11.7. The molecule has 0 bridgehead atoms. The van der Waals surface area contributed by atoms with Crippen LogP contribution < -0.4 is 0 Å². The quantitative estimate of drug-likeness (QED) is 0.364. The molecular formula is C25H25FN2O3S2. The zero-order valence-electron chi connectivity index (χ0n) is 18.0. The number of hydrogen-bond donors (Lipinski definition) is 0. The molecule has 0 atom stereocenters. The van der Waals surface area contributed by atoms with Gasteiger partial charge in [-0.25, -0.2) is 12.8 Å².